The average molecular weight is 334 g/mol. The predicted molar refractivity (Wildman–Crippen MR) is 90.1 cm³/mol. The minimum atomic E-state index is -3.41. The molecular formula is C16H22N4O2S. The number of hydrogen-bond donors (Lipinski definition) is 0. The van der Waals surface area contributed by atoms with Gasteiger partial charge in [-0.1, -0.05) is 18.2 Å². The summed E-state index contributed by atoms with van der Waals surface area (Å²) in [7, 11) is -0.361. The number of hydrogen-bond acceptors (Lipinski definition) is 4. The molecule has 0 saturated carbocycles. The minimum Gasteiger partial charge on any atom is -0.369 e. The van der Waals surface area contributed by atoms with Crippen LogP contribution in [0.2, 0.25) is 0 Å². The first-order chi connectivity index (χ1) is 11.0. The molecule has 3 rings (SSSR count). The first-order valence-corrected chi connectivity index (χ1v) is 9.20. The highest BCUT2D eigenvalue weighted by Gasteiger charge is 2.20. The van der Waals surface area contributed by atoms with Gasteiger partial charge in [0.15, 0.2) is 0 Å². The van der Waals surface area contributed by atoms with Crippen molar-refractivity contribution < 1.29 is 8.42 Å². The molecule has 6 nitrogen and oxygen atoms in total. The van der Waals surface area contributed by atoms with Gasteiger partial charge in [-0.15, -0.1) is 0 Å². The van der Waals surface area contributed by atoms with Gasteiger partial charge in [0.1, 0.15) is 4.90 Å². The summed E-state index contributed by atoms with van der Waals surface area (Å²) in [5.41, 5.74) is 2.67. The molecule has 0 bridgehead atoms. The van der Waals surface area contributed by atoms with Crippen LogP contribution in [0.1, 0.15) is 12.0 Å². The van der Waals surface area contributed by atoms with Crippen molar-refractivity contribution in [1.82, 2.24) is 14.1 Å². The van der Waals surface area contributed by atoms with E-state index < -0.39 is 10.0 Å². The molecular weight excluding hydrogens is 312 g/mol. The fraction of sp³-hybridized carbons (Fsp3) is 0.438. The lowest BCUT2D eigenvalue weighted by atomic mass is 10.0. The molecule has 2 aromatic rings. The van der Waals surface area contributed by atoms with Crippen LogP contribution in [0, 0.1) is 0 Å². The molecule has 0 N–H and O–H groups in total. The van der Waals surface area contributed by atoms with Gasteiger partial charge in [-0.3, -0.25) is 4.68 Å². The number of aromatic nitrogens is 2. The molecule has 1 aliphatic rings. The molecule has 1 aromatic carbocycles. The molecule has 0 saturated heterocycles. The Hall–Kier alpha value is -1.86. The Kier molecular flexibility index (Phi) is 4.41. The van der Waals surface area contributed by atoms with Crippen molar-refractivity contribution in [3.63, 3.8) is 0 Å². The third-order valence-corrected chi connectivity index (χ3v) is 5.96. The number of nitrogens with zero attached hydrogens (tertiary/aromatic N) is 4. The Labute approximate surface area is 137 Å². The normalized spacial score (nSPS) is 15.0. The highest BCUT2D eigenvalue weighted by Crippen LogP contribution is 2.26. The number of aryl methyl sites for hydroxylation is 1. The summed E-state index contributed by atoms with van der Waals surface area (Å²) in [4.78, 5) is 2.59. The second kappa shape index (κ2) is 6.33. The summed E-state index contributed by atoms with van der Waals surface area (Å²) in [5.74, 6) is 0. The summed E-state index contributed by atoms with van der Waals surface area (Å²) in [6.45, 7) is 2.51. The molecule has 0 unspecified atom stereocenters. The van der Waals surface area contributed by atoms with Crippen LogP contribution < -0.4 is 4.90 Å². The smallest absolute Gasteiger partial charge is 0.245 e. The maximum absolute atomic E-state index is 12.1. The Bertz CT molecular complexity index is 783. The Morgan fingerprint density at radius 3 is 2.78 bits per heavy atom. The largest absolute Gasteiger partial charge is 0.369 e. The number of benzene rings is 1. The van der Waals surface area contributed by atoms with Crippen LogP contribution in [0.4, 0.5) is 5.69 Å². The highest BCUT2D eigenvalue weighted by atomic mass is 32.2. The van der Waals surface area contributed by atoms with E-state index in [1.165, 1.54) is 35.8 Å². The molecule has 0 spiro atoms. The molecule has 0 aliphatic carbocycles. The number of rotatable bonds is 5. The Morgan fingerprint density at radius 1 is 1.22 bits per heavy atom. The van der Waals surface area contributed by atoms with Crippen molar-refractivity contribution in [2.24, 2.45) is 0 Å². The molecule has 0 fully saturated rings. The first kappa shape index (κ1) is 16.0. The van der Waals surface area contributed by atoms with Gasteiger partial charge in [0.2, 0.25) is 10.0 Å². The summed E-state index contributed by atoms with van der Waals surface area (Å²) in [6.07, 6.45) is 5.29. The van der Waals surface area contributed by atoms with Gasteiger partial charge in [0, 0.05) is 39.1 Å². The summed E-state index contributed by atoms with van der Waals surface area (Å²) < 4.78 is 27.1. The molecule has 23 heavy (non-hydrogen) atoms. The number of para-hydroxylation sites is 1. The zero-order valence-electron chi connectivity index (χ0n) is 13.5. The van der Waals surface area contributed by atoms with E-state index in [1.807, 2.05) is 0 Å². The van der Waals surface area contributed by atoms with Crippen LogP contribution in [0.15, 0.2) is 41.6 Å². The van der Waals surface area contributed by atoms with Gasteiger partial charge in [-0.05, 0) is 24.5 Å². The molecule has 0 atom stereocenters. The van der Waals surface area contributed by atoms with Crippen LogP contribution in [0.3, 0.4) is 0 Å². The zero-order chi connectivity index (χ0) is 16.4. The van der Waals surface area contributed by atoms with Gasteiger partial charge in [0.25, 0.3) is 0 Å². The van der Waals surface area contributed by atoms with Gasteiger partial charge >= 0.3 is 0 Å². The number of sulfonamides is 1. The molecule has 7 heteroatoms. The van der Waals surface area contributed by atoms with Crippen molar-refractivity contribution in [3.8, 4) is 0 Å². The lowest BCUT2D eigenvalue weighted by molar-refractivity contribution is 0.520. The maximum Gasteiger partial charge on any atom is 0.245 e. The Morgan fingerprint density at radius 2 is 2.00 bits per heavy atom. The minimum absolute atomic E-state index is 0.238. The van der Waals surface area contributed by atoms with Crippen molar-refractivity contribution in [3.05, 3.63) is 42.2 Å². The second-order valence-corrected chi connectivity index (χ2v) is 8.10. The quantitative estimate of drug-likeness (QED) is 0.833. The lowest BCUT2D eigenvalue weighted by Gasteiger charge is -2.31. The van der Waals surface area contributed by atoms with Gasteiger partial charge < -0.3 is 4.90 Å². The third kappa shape index (κ3) is 3.25. The molecule has 2 heterocycles. The molecule has 1 aliphatic heterocycles. The fourth-order valence-electron chi connectivity index (χ4n) is 2.88. The van der Waals surface area contributed by atoms with E-state index in [9.17, 15) is 8.42 Å². The first-order valence-electron chi connectivity index (χ1n) is 7.76. The van der Waals surface area contributed by atoms with E-state index in [0.717, 1.165) is 25.9 Å². The average Bonchev–Trinajstić information content (AvgIpc) is 3.02. The van der Waals surface area contributed by atoms with Crippen LogP contribution >= 0.6 is 0 Å². The van der Waals surface area contributed by atoms with Crippen molar-refractivity contribution >= 4 is 15.7 Å². The van der Waals surface area contributed by atoms with E-state index in [4.69, 9.17) is 0 Å². The number of anilines is 1. The lowest BCUT2D eigenvalue weighted by Crippen LogP contribution is -2.32. The van der Waals surface area contributed by atoms with E-state index in [0.29, 0.717) is 6.54 Å². The van der Waals surface area contributed by atoms with Crippen LogP contribution in [-0.4, -0.2) is 49.7 Å². The zero-order valence-corrected chi connectivity index (χ0v) is 14.3. The molecule has 1 aromatic heterocycles. The number of fused-ring (bicyclic) bond motifs is 1. The van der Waals surface area contributed by atoms with Crippen LogP contribution in [-0.2, 0) is 23.0 Å². The van der Waals surface area contributed by atoms with E-state index in [2.05, 4.69) is 34.3 Å². The fourth-order valence-corrected chi connectivity index (χ4v) is 3.73. The van der Waals surface area contributed by atoms with E-state index >= 15 is 0 Å². The highest BCUT2D eigenvalue weighted by molar-refractivity contribution is 7.89. The van der Waals surface area contributed by atoms with Crippen LogP contribution in [0.5, 0.6) is 0 Å². The SMILES string of the molecule is CN(C)S(=O)(=O)c1cnn(CCN2CCCc3ccccc32)c1. The molecule has 0 radical (unpaired) electrons. The standard InChI is InChI=1S/C16H22N4O2S/c1-18(2)23(21,22)15-12-17-20(13-15)11-10-19-9-5-7-14-6-3-4-8-16(14)19/h3-4,6,8,12-13H,5,7,9-11H2,1-2H3. The topological polar surface area (TPSA) is 58.4 Å². The van der Waals surface area contributed by atoms with E-state index in [1.54, 1.807) is 10.9 Å². The van der Waals surface area contributed by atoms with Crippen molar-refractivity contribution in [2.75, 3.05) is 32.1 Å². The Balaban J connectivity index is 1.70. The van der Waals surface area contributed by atoms with Crippen LogP contribution in [0.25, 0.3) is 0 Å². The monoisotopic (exact) mass is 334 g/mol. The van der Waals surface area contributed by atoms with Gasteiger partial charge in [-0.25, -0.2) is 12.7 Å². The van der Waals surface area contributed by atoms with E-state index in [-0.39, 0.29) is 4.90 Å². The van der Waals surface area contributed by atoms with Gasteiger partial charge in [0.05, 0.1) is 12.7 Å². The maximum atomic E-state index is 12.1. The second-order valence-electron chi connectivity index (χ2n) is 5.95. The predicted octanol–water partition coefficient (Wildman–Crippen LogP) is 1.59. The summed E-state index contributed by atoms with van der Waals surface area (Å²) in [5, 5.41) is 4.19. The third-order valence-electron chi connectivity index (χ3n) is 4.19. The molecule has 0 amide bonds. The van der Waals surface area contributed by atoms with Gasteiger partial charge in [-0.2, -0.15) is 5.10 Å². The molecule has 124 valence electrons. The summed E-state index contributed by atoms with van der Waals surface area (Å²) >= 11 is 0. The van der Waals surface area contributed by atoms with Crippen molar-refractivity contribution in [2.45, 2.75) is 24.3 Å². The van der Waals surface area contributed by atoms with Crippen molar-refractivity contribution in [1.29, 1.82) is 0 Å². The summed E-state index contributed by atoms with van der Waals surface area (Å²) in [6, 6.07) is 8.47.